The molecule has 2 fully saturated rings. The monoisotopic (exact) mass is 309 g/mol. The summed E-state index contributed by atoms with van der Waals surface area (Å²) in [6.45, 7) is 25.7. The fraction of sp³-hybridized carbons (Fsp3) is 1.00. The molecule has 0 radical (unpaired) electrons. The van der Waals surface area contributed by atoms with Gasteiger partial charge in [0.05, 0.1) is 0 Å². The Hall–Kier alpha value is -0.120. The van der Waals surface area contributed by atoms with Crippen LogP contribution in [-0.4, -0.2) is 73.6 Å². The van der Waals surface area contributed by atoms with Crippen LogP contribution in [0.3, 0.4) is 0 Å². The van der Waals surface area contributed by atoms with Crippen molar-refractivity contribution in [1.29, 1.82) is 0 Å². The molecule has 0 unspecified atom stereocenters. The van der Waals surface area contributed by atoms with Gasteiger partial charge in [-0.05, 0) is 36.3 Å². The molecule has 0 atom stereocenters. The zero-order valence-corrected chi connectivity index (χ0v) is 16.0. The summed E-state index contributed by atoms with van der Waals surface area (Å²) in [5.74, 6) is 0.913. The second-order valence-electron chi connectivity index (χ2n) is 10.1. The fourth-order valence-electron chi connectivity index (χ4n) is 3.99. The van der Waals surface area contributed by atoms with Crippen molar-refractivity contribution in [3.8, 4) is 0 Å². The molecular formula is C19H39N3. The van der Waals surface area contributed by atoms with Crippen molar-refractivity contribution in [2.75, 3.05) is 58.9 Å². The third-order valence-corrected chi connectivity index (χ3v) is 4.63. The van der Waals surface area contributed by atoms with E-state index in [0.717, 1.165) is 5.92 Å². The van der Waals surface area contributed by atoms with Crippen molar-refractivity contribution < 1.29 is 0 Å². The van der Waals surface area contributed by atoms with Crippen LogP contribution in [0.5, 0.6) is 0 Å². The molecule has 2 aliphatic rings. The van der Waals surface area contributed by atoms with Crippen LogP contribution in [-0.2, 0) is 0 Å². The minimum atomic E-state index is 0.427. The van der Waals surface area contributed by atoms with Crippen LogP contribution in [0.2, 0.25) is 0 Å². The van der Waals surface area contributed by atoms with Gasteiger partial charge in [-0.1, -0.05) is 41.5 Å². The Morgan fingerprint density at radius 3 is 1.77 bits per heavy atom. The molecule has 0 aromatic heterocycles. The van der Waals surface area contributed by atoms with Crippen LogP contribution >= 0.6 is 0 Å². The van der Waals surface area contributed by atoms with Crippen LogP contribution in [0, 0.1) is 16.7 Å². The first-order valence-corrected chi connectivity index (χ1v) is 9.28. The molecule has 2 heterocycles. The summed E-state index contributed by atoms with van der Waals surface area (Å²) in [7, 11) is 0. The Bertz CT molecular complexity index is 334. The standard InChI is InChI=1S/C19H39N3/c1-18(2,3)15-21-9-7-8-20(10-11-21)12-17-13-22(14-17)16-19(4,5)6/h17H,7-16H2,1-6H3. The van der Waals surface area contributed by atoms with Gasteiger partial charge in [0, 0.05) is 45.8 Å². The molecule has 130 valence electrons. The minimum absolute atomic E-state index is 0.427. The number of hydrogen-bond donors (Lipinski definition) is 0. The Kier molecular flexibility index (Phi) is 5.95. The van der Waals surface area contributed by atoms with Crippen molar-refractivity contribution in [2.24, 2.45) is 16.7 Å². The van der Waals surface area contributed by atoms with Gasteiger partial charge >= 0.3 is 0 Å². The third kappa shape index (κ3) is 6.55. The summed E-state index contributed by atoms with van der Waals surface area (Å²) in [6, 6.07) is 0. The summed E-state index contributed by atoms with van der Waals surface area (Å²) in [6.07, 6.45) is 1.34. The lowest BCUT2D eigenvalue weighted by Gasteiger charge is -2.44. The van der Waals surface area contributed by atoms with E-state index < -0.39 is 0 Å². The van der Waals surface area contributed by atoms with E-state index in [2.05, 4.69) is 56.2 Å². The molecule has 0 saturated carbocycles. The van der Waals surface area contributed by atoms with Gasteiger partial charge in [0.1, 0.15) is 0 Å². The Morgan fingerprint density at radius 1 is 0.682 bits per heavy atom. The summed E-state index contributed by atoms with van der Waals surface area (Å²) in [5.41, 5.74) is 0.873. The highest BCUT2D eigenvalue weighted by molar-refractivity contribution is 4.86. The predicted octanol–water partition coefficient (Wildman–Crippen LogP) is 3.02. The quantitative estimate of drug-likeness (QED) is 0.790. The fourth-order valence-corrected chi connectivity index (χ4v) is 3.99. The van der Waals surface area contributed by atoms with Gasteiger partial charge in [-0.2, -0.15) is 0 Å². The molecule has 3 heteroatoms. The van der Waals surface area contributed by atoms with Crippen LogP contribution in [0.4, 0.5) is 0 Å². The molecule has 0 aromatic rings. The van der Waals surface area contributed by atoms with E-state index in [4.69, 9.17) is 0 Å². The Labute approximate surface area is 139 Å². The molecule has 0 N–H and O–H groups in total. The zero-order valence-electron chi connectivity index (χ0n) is 16.0. The van der Waals surface area contributed by atoms with Crippen molar-refractivity contribution in [3.05, 3.63) is 0 Å². The molecule has 0 aliphatic carbocycles. The molecule has 0 bridgehead atoms. The van der Waals surface area contributed by atoms with E-state index in [0.29, 0.717) is 10.8 Å². The topological polar surface area (TPSA) is 9.72 Å². The Morgan fingerprint density at radius 2 is 1.18 bits per heavy atom. The third-order valence-electron chi connectivity index (χ3n) is 4.63. The van der Waals surface area contributed by atoms with Crippen molar-refractivity contribution >= 4 is 0 Å². The summed E-state index contributed by atoms with van der Waals surface area (Å²) in [5, 5.41) is 0. The normalized spacial score (nSPS) is 24.3. The van der Waals surface area contributed by atoms with Crippen LogP contribution in [0.1, 0.15) is 48.0 Å². The number of hydrogen-bond acceptors (Lipinski definition) is 3. The Balaban J connectivity index is 1.66. The molecule has 2 saturated heterocycles. The highest BCUT2D eigenvalue weighted by Gasteiger charge is 2.31. The van der Waals surface area contributed by atoms with Gasteiger partial charge in [0.25, 0.3) is 0 Å². The first-order chi connectivity index (χ1) is 10.1. The van der Waals surface area contributed by atoms with Gasteiger partial charge in [0.15, 0.2) is 0 Å². The smallest absolute Gasteiger partial charge is 0.0110 e. The lowest BCUT2D eigenvalue weighted by molar-refractivity contribution is 0.0414. The number of likely N-dealkylation sites (tertiary alicyclic amines) is 1. The summed E-state index contributed by atoms with van der Waals surface area (Å²) in [4.78, 5) is 8.03. The first kappa shape index (κ1) is 18.2. The summed E-state index contributed by atoms with van der Waals surface area (Å²) < 4.78 is 0. The van der Waals surface area contributed by atoms with Gasteiger partial charge in [0.2, 0.25) is 0 Å². The average molecular weight is 310 g/mol. The molecule has 0 amide bonds. The maximum Gasteiger partial charge on any atom is 0.0110 e. The lowest BCUT2D eigenvalue weighted by atomic mass is 9.91. The van der Waals surface area contributed by atoms with Gasteiger partial charge in [-0.25, -0.2) is 0 Å². The first-order valence-electron chi connectivity index (χ1n) is 9.28. The van der Waals surface area contributed by atoms with Crippen molar-refractivity contribution in [1.82, 2.24) is 14.7 Å². The molecule has 2 rings (SSSR count). The SMILES string of the molecule is CC(C)(C)CN1CCCN(CC2CN(CC(C)(C)C)C2)CC1. The maximum atomic E-state index is 2.72. The molecule has 0 aromatic carbocycles. The second-order valence-corrected chi connectivity index (χ2v) is 10.1. The maximum absolute atomic E-state index is 2.72. The van der Waals surface area contributed by atoms with E-state index in [1.54, 1.807) is 0 Å². The highest BCUT2D eigenvalue weighted by Crippen LogP contribution is 2.24. The number of rotatable bonds is 4. The largest absolute Gasteiger partial charge is 0.302 e. The van der Waals surface area contributed by atoms with Crippen LogP contribution in [0.15, 0.2) is 0 Å². The molecular weight excluding hydrogens is 270 g/mol. The summed E-state index contributed by atoms with van der Waals surface area (Å²) >= 11 is 0. The zero-order chi connectivity index (χ0) is 16.4. The number of nitrogens with zero attached hydrogens (tertiary/aromatic N) is 3. The van der Waals surface area contributed by atoms with Crippen LogP contribution in [0.25, 0.3) is 0 Å². The van der Waals surface area contributed by atoms with Gasteiger partial charge in [-0.15, -0.1) is 0 Å². The highest BCUT2D eigenvalue weighted by atomic mass is 15.2. The van der Waals surface area contributed by atoms with E-state index in [-0.39, 0.29) is 0 Å². The molecule has 2 aliphatic heterocycles. The van der Waals surface area contributed by atoms with E-state index >= 15 is 0 Å². The average Bonchev–Trinajstić information content (AvgIpc) is 2.48. The van der Waals surface area contributed by atoms with Crippen molar-refractivity contribution in [2.45, 2.75) is 48.0 Å². The van der Waals surface area contributed by atoms with Crippen LogP contribution < -0.4 is 0 Å². The van der Waals surface area contributed by atoms with Gasteiger partial charge in [-0.3, -0.25) is 0 Å². The lowest BCUT2D eigenvalue weighted by Crippen LogP contribution is -2.53. The van der Waals surface area contributed by atoms with E-state index in [1.807, 2.05) is 0 Å². The van der Waals surface area contributed by atoms with E-state index in [9.17, 15) is 0 Å². The second kappa shape index (κ2) is 7.19. The minimum Gasteiger partial charge on any atom is -0.302 e. The predicted molar refractivity (Wildman–Crippen MR) is 96.3 cm³/mol. The van der Waals surface area contributed by atoms with E-state index in [1.165, 1.54) is 65.3 Å². The molecule has 22 heavy (non-hydrogen) atoms. The van der Waals surface area contributed by atoms with Gasteiger partial charge < -0.3 is 14.7 Å². The van der Waals surface area contributed by atoms with Crippen molar-refractivity contribution in [3.63, 3.8) is 0 Å². The molecule has 0 spiro atoms. The molecule has 3 nitrogen and oxygen atoms in total.